The minimum atomic E-state index is -0.168. The van der Waals surface area contributed by atoms with Gasteiger partial charge in [0, 0.05) is 75.8 Å². The van der Waals surface area contributed by atoms with Crippen LogP contribution in [0.2, 0.25) is 0 Å². The fourth-order valence-electron chi connectivity index (χ4n) is 15.0. The zero-order chi connectivity index (χ0) is 60.1. The number of ether oxygens (including phenoxy) is 1. The lowest BCUT2D eigenvalue weighted by Crippen LogP contribution is -2.64. The lowest BCUT2D eigenvalue weighted by molar-refractivity contribution is 0.332. The van der Waals surface area contributed by atoms with E-state index in [2.05, 4.69) is 277 Å². The highest BCUT2D eigenvalue weighted by atomic mass is 32.1. The highest BCUT2D eigenvalue weighted by molar-refractivity contribution is 7.20. The molecular formula is C78H81B2N3OS2. The molecule has 8 aromatic carbocycles. The van der Waals surface area contributed by atoms with E-state index < -0.39 is 0 Å². The molecule has 2 aromatic heterocycles. The van der Waals surface area contributed by atoms with E-state index >= 15 is 0 Å². The average molecular weight is 1160 g/mol. The lowest BCUT2D eigenvalue weighted by atomic mass is 9.30. The first-order valence-corrected chi connectivity index (χ1v) is 33.4. The van der Waals surface area contributed by atoms with Crippen LogP contribution in [0.4, 0.5) is 51.2 Å². The molecule has 0 unspecified atom stereocenters. The van der Waals surface area contributed by atoms with Crippen LogP contribution in [-0.4, -0.2) is 13.4 Å². The molecule has 0 fully saturated rings. The maximum Gasteiger partial charge on any atom is 0.256 e. The lowest BCUT2D eigenvalue weighted by Gasteiger charge is -2.47. The van der Waals surface area contributed by atoms with E-state index in [1.165, 1.54) is 130 Å². The Kier molecular flexibility index (Phi) is 12.1. The van der Waals surface area contributed by atoms with E-state index in [-0.39, 0.29) is 45.9 Å². The number of thiophene rings is 2. The molecule has 1 aliphatic carbocycles. The van der Waals surface area contributed by atoms with Crippen LogP contribution in [0.5, 0.6) is 11.5 Å². The van der Waals surface area contributed by atoms with Gasteiger partial charge in [-0.3, -0.25) is 0 Å². The summed E-state index contributed by atoms with van der Waals surface area (Å²) >= 11 is 3.94. The largest absolute Gasteiger partial charge is 0.458 e. The Balaban J connectivity index is 1.08. The normalized spacial score (nSPS) is 16.3. The Morgan fingerprint density at radius 3 is 1.42 bits per heavy atom. The second-order valence-electron chi connectivity index (χ2n) is 30.5. The summed E-state index contributed by atoms with van der Waals surface area (Å²) < 4.78 is 10.4. The molecule has 0 radical (unpaired) electrons. The molecule has 4 aliphatic heterocycles. The van der Waals surface area contributed by atoms with Gasteiger partial charge in [0.1, 0.15) is 11.5 Å². The zero-order valence-corrected chi connectivity index (χ0v) is 55.1. The molecule has 86 heavy (non-hydrogen) atoms. The van der Waals surface area contributed by atoms with Crippen molar-refractivity contribution in [3.63, 3.8) is 0 Å². The van der Waals surface area contributed by atoms with Crippen molar-refractivity contribution in [2.45, 2.75) is 169 Å². The molecule has 0 spiro atoms. The Morgan fingerprint density at radius 2 is 0.907 bits per heavy atom. The number of nitrogens with zero attached hydrogens (tertiary/aromatic N) is 3. The van der Waals surface area contributed by atoms with Crippen molar-refractivity contribution in [2.75, 3.05) is 14.7 Å². The van der Waals surface area contributed by atoms with Crippen molar-refractivity contribution in [3.05, 3.63) is 184 Å². The number of benzene rings is 8. The molecule has 10 aromatic rings. The first-order valence-electron chi connectivity index (χ1n) is 31.8. The molecule has 0 saturated heterocycles. The van der Waals surface area contributed by atoms with Crippen LogP contribution in [-0.2, 0) is 32.5 Å². The van der Waals surface area contributed by atoms with Crippen LogP contribution < -0.4 is 52.2 Å². The second-order valence-corrected chi connectivity index (χ2v) is 32.6. The minimum Gasteiger partial charge on any atom is -0.458 e. The van der Waals surface area contributed by atoms with Gasteiger partial charge in [-0.05, 0) is 198 Å². The zero-order valence-electron chi connectivity index (χ0n) is 53.5. The summed E-state index contributed by atoms with van der Waals surface area (Å²) in [6.45, 7) is 38.2. The summed E-state index contributed by atoms with van der Waals surface area (Å²) in [4.78, 5) is 10.8. The third kappa shape index (κ3) is 8.19. The molecule has 0 saturated carbocycles. The van der Waals surface area contributed by atoms with E-state index in [0.29, 0.717) is 0 Å². The molecule has 15 rings (SSSR count). The topological polar surface area (TPSA) is 19.0 Å². The molecule has 0 amide bonds. The van der Waals surface area contributed by atoms with Crippen LogP contribution in [0.1, 0.15) is 168 Å². The molecule has 5 aliphatic rings. The standard InChI is InChI=1S/C78H81B2N3OS2/c1-17-75(9,10)67-42-51-65(85-67)33-31-55-71(51)82(48-25-21-19-22-26-48)61-38-46(73(3,4)5)37-60-69(61)79(55)57-44-58-63(45-59(57)81(60)50-29-30-53-54(41-50)78(15,16)36-35-77(53,13)14)84-64-40-47(74(6,7)8)39-62-70(64)80(58)56-32-34-66-52(43-68(86-66)76(11,12)18-2)72(56)83(62)49-27-23-20-24-28-49/h19-34,37-45H,17-18,35-36H2,1-16H3. The first-order chi connectivity index (χ1) is 40.8. The van der Waals surface area contributed by atoms with Gasteiger partial charge in [-0.15, -0.1) is 22.7 Å². The van der Waals surface area contributed by atoms with Crippen LogP contribution >= 0.6 is 22.7 Å². The number of rotatable bonds is 7. The van der Waals surface area contributed by atoms with Gasteiger partial charge in [0.15, 0.2) is 0 Å². The summed E-state index contributed by atoms with van der Waals surface area (Å²) in [5.41, 5.74) is 24.0. The second kappa shape index (κ2) is 18.8. The molecule has 4 nitrogen and oxygen atoms in total. The summed E-state index contributed by atoms with van der Waals surface area (Å²) in [5, 5.41) is 2.64. The Labute approximate surface area is 520 Å². The summed E-state index contributed by atoms with van der Waals surface area (Å²) in [5.74, 6) is 1.87. The third-order valence-corrected chi connectivity index (χ3v) is 24.2. The molecule has 6 heterocycles. The van der Waals surface area contributed by atoms with E-state index in [4.69, 9.17) is 4.74 Å². The van der Waals surface area contributed by atoms with Gasteiger partial charge in [-0.2, -0.15) is 0 Å². The SMILES string of the molecule is CCC(C)(C)c1cc2c3c(ccc2s1)B1c2cc4c(cc2Oc2cc(C(C)(C)C)cc(c21)N3c1ccccc1)N(c1ccc2c(c1)C(C)(C)CCC2(C)C)c1cc(C(C)(C)C)cc2c1B4c1ccc3sc(C(C)(C)CC)cc3c1N2c1ccccc1. The van der Waals surface area contributed by atoms with Crippen LogP contribution in [0.3, 0.4) is 0 Å². The van der Waals surface area contributed by atoms with Crippen molar-refractivity contribution >= 4 is 140 Å². The maximum atomic E-state index is 7.77. The van der Waals surface area contributed by atoms with Crippen molar-refractivity contribution in [2.24, 2.45) is 0 Å². The van der Waals surface area contributed by atoms with Crippen molar-refractivity contribution in [1.29, 1.82) is 0 Å². The van der Waals surface area contributed by atoms with Crippen molar-refractivity contribution < 1.29 is 4.74 Å². The molecular weight excluding hydrogens is 1080 g/mol. The maximum absolute atomic E-state index is 7.77. The number of hydrogen-bond donors (Lipinski definition) is 0. The van der Waals surface area contributed by atoms with Crippen LogP contribution in [0, 0.1) is 0 Å². The monoisotopic (exact) mass is 1160 g/mol. The molecule has 0 atom stereocenters. The Morgan fingerprint density at radius 1 is 0.430 bits per heavy atom. The number of fused-ring (bicyclic) bond motifs is 13. The van der Waals surface area contributed by atoms with E-state index in [1.54, 1.807) is 0 Å². The third-order valence-electron chi connectivity index (χ3n) is 21.2. The highest BCUT2D eigenvalue weighted by Crippen LogP contribution is 2.54. The quantitative estimate of drug-likeness (QED) is 0.148. The van der Waals surface area contributed by atoms with Crippen molar-refractivity contribution in [3.8, 4) is 11.5 Å². The predicted molar refractivity (Wildman–Crippen MR) is 376 cm³/mol. The van der Waals surface area contributed by atoms with E-state index in [1.807, 2.05) is 22.7 Å². The van der Waals surface area contributed by atoms with Crippen LogP contribution in [0.25, 0.3) is 20.2 Å². The minimum absolute atomic E-state index is 0.00291. The first kappa shape index (κ1) is 55.6. The Hall–Kier alpha value is -6.99. The van der Waals surface area contributed by atoms with Gasteiger partial charge in [0.25, 0.3) is 13.4 Å². The summed E-state index contributed by atoms with van der Waals surface area (Å²) in [7, 11) is 0. The molecule has 8 heteroatoms. The number of para-hydroxylation sites is 2. The highest BCUT2D eigenvalue weighted by Gasteiger charge is 2.50. The van der Waals surface area contributed by atoms with Crippen LogP contribution in [0.15, 0.2) is 152 Å². The Bertz CT molecular complexity index is 4470. The van der Waals surface area contributed by atoms with Gasteiger partial charge >= 0.3 is 0 Å². The summed E-state index contributed by atoms with van der Waals surface area (Å²) in [6, 6.07) is 60.0. The smallest absolute Gasteiger partial charge is 0.256 e. The summed E-state index contributed by atoms with van der Waals surface area (Å²) in [6.07, 6.45) is 4.43. The van der Waals surface area contributed by atoms with E-state index in [0.717, 1.165) is 42.9 Å². The van der Waals surface area contributed by atoms with Crippen molar-refractivity contribution in [1.82, 2.24) is 0 Å². The molecule has 0 bridgehead atoms. The van der Waals surface area contributed by atoms with Gasteiger partial charge in [0.05, 0.1) is 11.4 Å². The number of anilines is 9. The van der Waals surface area contributed by atoms with Gasteiger partial charge in [-0.1, -0.05) is 171 Å². The van der Waals surface area contributed by atoms with Gasteiger partial charge < -0.3 is 19.4 Å². The average Bonchev–Trinajstić information content (AvgIpc) is 0.763. The predicted octanol–water partition coefficient (Wildman–Crippen LogP) is 18.9. The number of hydrogen-bond acceptors (Lipinski definition) is 6. The van der Waals surface area contributed by atoms with Gasteiger partial charge in [0.2, 0.25) is 0 Å². The molecule has 432 valence electrons. The van der Waals surface area contributed by atoms with Gasteiger partial charge in [-0.25, -0.2) is 0 Å². The fourth-order valence-corrected chi connectivity index (χ4v) is 17.5. The van der Waals surface area contributed by atoms with E-state index in [9.17, 15) is 0 Å². The molecule has 0 N–H and O–H groups in total. The fraction of sp³-hybridized carbons (Fsp3) is 0.333.